The summed E-state index contributed by atoms with van der Waals surface area (Å²) in [7, 11) is 0. The molecule has 1 aromatic rings. The third kappa shape index (κ3) is 4.31. The van der Waals surface area contributed by atoms with Crippen molar-refractivity contribution in [3.05, 3.63) is 17.0 Å². The molecule has 0 spiro atoms. The SMILES string of the molecule is O=C(NCCCN1CCCC1=O)c1ccc(NC(=O)C2CC2)s1. The van der Waals surface area contributed by atoms with Gasteiger partial charge in [-0.1, -0.05) is 0 Å². The molecule has 0 unspecified atom stereocenters. The minimum absolute atomic E-state index is 0.0501. The Kier molecular flexibility index (Phi) is 4.95. The van der Waals surface area contributed by atoms with Crippen molar-refractivity contribution in [2.75, 3.05) is 25.0 Å². The molecule has 7 heteroatoms. The van der Waals surface area contributed by atoms with Gasteiger partial charge >= 0.3 is 0 Å². The third-order valence-corrected chi connectivity index (χ3v) is 5.09. The number of nitrogens with zero attached hydrogens (tertiary/aromatic N) is 1. The largest absolute Gasteiger partial charge is 0.351 e. The van der Waals surface area contributed by atoms with E-state index in [1.165, 1.54) is 11.3 Å². The van der Waals surface area contributed by atoms with Crippen LogP contribution in [0.5, 0.6) is 0 Å². The molecule has 1 aliphatic carbocycles. The molecular weight excluding hydrogens is 314 g/mol. The quantitative estimate of drug-likeness (QED) is 0.746. The summed E-state index contributed by atoms with van der Waals surface area (Å²) >= 11 is 1.29. The zero-order chi connectivity index (χ0) is 16.2. The lowest BCUT2D eigenvalue weighted by Gasteiger charge is -2.15. The van der Waals surface area contributed by atoms with Crippen molar-refractivity contribution >= 4 is 34.1 Å². The predicted molar refractivity (Wildman–Crippen MR) is 88.4 cm³/mol. The van der Waals surface area contributed by atoms with E-state index in [9.17, 15) is 14.4 Å². The summed E-state index contributed by atoms with van der Waals surface area (Å²) in [6, 6.07) is 3.50. The number of rotatable bonds is 7. The third-order valence-electron chi connectivity index (χ3n) is 4.09. The highest BCUT2D eigenvalue weighted by atomic mass is 32.1. The van der Waals surface area contributed by atoms with Crippen LogP contribution in [0.2, 0.25) is 0 Å². The Bertz CT molecular complexity index is 609. The predicted octanol–water partition coefficient (Wildman–Crippen LogP) is 1.84. The fourth-order valence-corrected chi connectivity index (χ4v) is 3.42. The fourth-order valence-electron chi connectivity index (χ4n) is 2.60. The van der Waals surface area contributed by atoms with Crippen LogP contribution >= 0.6 is 11.3 Å². The Balaban J connectivity index is 1.38. The highest BCUT2D eigenvalue weighted by Gasteiger charge is 2.29. The first-order valence-electron chi connectivity index (χ1n) is 8.10. The van der Waals surface area contributed by atoms with Crippen molar-refractivity contribution in [1.82, 2.24) is 10.2 Å². The van der Waals surface area contributed by atoms with Gasteiger partial charge < -0.3 is 15.5 Å². The molecule has 0 bridgehead atoms. The molecule has 1 saturated carbocycles. The first-order valence-corrected chi connectivity index (χ1v) is 8.92. The average Bonchev–Trinajstić information content (AvgIpc) is 3.16. The van der Waals surface area contributed by atoms with Crippen molar-refractivity contribution in [3.63, 3.8) is 0 Å². The molecule has 6 nitrogen and oxygen atoms in total. The van der Waals surface area contributed by atoms with Crippen molar-refractivity contribution in [2.45, 2.75) is 32.1 Å². The minimum Gasteiger partial charge on any atom is -0.351 e. The highest BCUT2D eigenvalue weighted by molar-refractivity contribution is 7.18. The number of likely N-dealkylation sites (tertiary alicyclic amines) is 1. The highest BCUT2D eigenvalue weighted by Crippen LogP contribution is 2.31. The van der Waals surface area contributed by atoms with Crippen molar-refractivity contribution in [1.29, 1.82) is 0 Å². The normalized spacial score (nSPS) is 17.4. The van der Waals surface area contributed by atoms with E-state index in [-0.39, 0.29) is 23.6 Å². The molecular formula is C16H21N3O3S. The summed E-state index contributed by atoms with van der Waals surface area (Å²) in [5.41, 5.74) is 0. The van der Waals surface area contributed by atoms with Crippen LogP contribution in [0.3, 0.4) is 0 Å². The van der Waals surface area contributed by atoms with E-state index < -0.39 is 0 Å². The van der Waals surface area contributed by atoms with Gasteiger partial charge in [-0.3, -0.25) is 14.4 Å². The van der Waals surface area contributed by atoms with Gasteiger partial charge in [0.1, 0.15) is 0 Å². The number of anilines is 1. The number of nitrogens with one attached hydrogen (secondary N) is 2. The number of carbonyl (C=O) groups is 3. The molecule has 2 fully saturated rings. The molecule has 23 heavy (non-hydrogen) atoms. The lowest BCUT2D eigenvalue weighted by Crippen LogP contribution is -2.30. The van der Waals surface area contributed by atoms with Crippen molar-refractivity contribution in [2.24, 2.45) is 5.92 Å². The summed E-state index contributed by atoms with van der Waals surface area (Å²) in [6.07, 6.45) is 4.27. The summed E-state index contributed by atoms with van der Waals surface area (Å²) in [6.45, 7) is 2.08. The van der Waals surface area contributed by atoms with Crippen LogP contribution in [0.1, 0.15) is 41.8 Å². The Morgan fingerprint density at radius 3 is 2.83 bits per heavy atom. The summed E-state index contributed by atoms with van der Waals surface area (Å²) in [5.74, 6) is 0.289. The van der Waals surface area contributed by atoms with Crippen LogP contribution in [0.15, 0.2) is 12.1 Å². The van der Waals surface area contributed by atoms with Gasteiger partial charge in [-0.2, -0.15) is 0 Å². The average molecular weight is 335 g/mol. The molecule has 3 amide bonds. The van der Waals surface area contributed by atoms with Crippen LogP contribution in [-0.2, 0) is 9.59 Å². The van der Waals surface area contributed by atoms with Crippen molar-refractivity contribution in [3.8, 4) is 0 Å². The smallest absolute Gasteiger partial charge is 0.261 e. The maximum atomic E-state index is 12.1. The fraction of sp³-hybridized carbons (Fsp3) is 0.562. The van der Waals surface area contributed by atoms with Gasteiger partial charge in [-0.05, 0) is 37.8 Å². The molecule has 124 valence electrons. The first kappa shape index (κ1) is 16.0. The Labute approximate surface area is 139 Å². The second-order valence-electron chi connectivity index (χ2n) is 6.02. The zero-order valence-corrected chi connectivity index (χ0v) is 13.8. The molecule has 1 aliphatic heterocycles. The molecule has 0 aromatic carbocycles. The van der Waals surface area contributed by atoms with E-state index in [4.69, 9.17) is 0 Å². The Hall–Kier alpha value is -1.89. The van der Waals surface area contributed by atoms with Gasteiger partial charge in [0.2, 0.25) is 11.8 Å². The van der Waals surface area contributed by atoms with Crippen LogP contribution < -0.4 is 10.6 Å². The number of hydrogen-bond donors (Lipinski definition) is 2. The molecule has 2 heterocycles. The number of carbonyl (C=O) groups excluding carboxylic acids is 3. The Morgan fingerprint density at radius 2 is 2.13 bits per heavy atom. The van der Waals surface area contributed by atoms with Crippen LogP contribution in [0, 0.1) is 5.92 Å². The van der Waals surface area contributed by atoms with E-state index in [1.54, 1.807) is 12.1 Å². The van der Waals surface area contributed by atoms with E-state index in [0.717, 1.165) is 37.2 Å². The summed E-state index contributed by atoms with van der Waals surface area (Å²) < 4.78 is 0. The van der Waals surface area contributed by atoms with Gasteiger partial charge in [0.15, 0.2) is 0 Å². The van der Waals surface area contributed by atoms with E-state index in [1.807, 2.05) is 4.90 Å². The maximum absolute atomic E-state index is 12.1. The Morgan fingerprint density at radius 1 is 1.30 bits per heavy atom. The molecule has 1 aromatic heterocycles. The number of amides is 3. The lowest BCUT2D eigenvalue weighted by atomic mass is 10.3. The van der Waals surface area contributed by atoms with E-state index in [2.05, 4.69) is 10.6 Å². The first-order chi connectivity index (χ1) is 11.1. The maximum Gasteiger partial charge on any atom is 0.261 e. The molecule has 1 saturated heterocycles. The lowest BCUT2D eigenvalue weighted by molar-refractivity contribution is -0.127. The molecule has 0 atom stereocenters. The van der Waals surface area contributed by atoms with E-state index >= 15 is 0 Å². The second kappa shape index (κ2) is 7.12. The van der Waals surface area contributed by atoms with Gasteiger partial charge in [-0.15, -0.1) is 11.3 Å². The van der Waals surface area contributed by atoms with E-state index in [0.29, 0.717) is 24.4 Å². The molecule has 0 radical (unpaired) electrons. The summed E-state index contributed by atoms with van der Waals surface area (Å²) in [5, 5.41) is 6.42. The van der Waals surface area contributed by atoms with Crippen LogP contribution in [0.4, 0.5) is 5.00 Å². The molecule has 2 N–H and O–H groups in total. The standard InChI is InChI=1S/C16H21N3O3S/c20-14-3-1-9-19(14)10-2-8-17-16(22)12-6-7-13(23-12)18-15(21)11-4-5-11/h6-7,11H,1-5,8-10H2,(H,17,22)(H,18,21). The van der Waals surface area contributed by atoms with Gasteiger partial charge in [0, 0.05) is 32.0 Å². The summed E-state index contributed by atoms with van der Waals surface area (Å²) in [4.78, 5) is 37.7. The second-order valence-corrected chi connectivity index (χ2v) is 7.10. The molecule has 3 rings (SSSR count). The monoisotopic (exact) mass is 335 g/mol. The van der Waals surface area contributed by atoms with Crippen molar-refractivity contribution < 1.29 is 14.4 Å². The minimum atomic E-state index is -0.130. The topological polar surface area (TPSA) is 78.5 Å². The number of thiophene rings is 1. The number of hydrogen-bond acceptors (Lipinski definition) is 4. The van der Waals surface area contributed by atoms with Gasteiger partial charge in [0.25, 0.3) is 5.91 Å². The molecule has 2 aliphatic rings. The zero-order valence-electron chi connectivity index (χ0n) is 13.0. The van der Waals surface area contributed by atoms with Gasteiger partial charge in [0.05, 0.1) is 9.88 Å². The van der Waals surface area contributed by atoms with Crippen LogP contribution in [-0.4, -0.2) is 42.3 Å². The van der Waals surface area contributed by atoms with Gasteiger partial charge in [-0.25, -0.2) is 0 Å². The van der Waals surface area contributed by atoms with Crippen LogP contribution in [0.25, 0.3) is 0 Å².